The van der Waals surface area contributed by atoms with Crippen LogP contribution in [0.5, 0.6) is 0 Å². The Morgan fingerprint density at radius 2 is 1.50 bits per heavy atom. The molecule has 20 heavy (non-hydrogen) atoms. The molecule has 0 aromatic carbocycles. The molecule has 1 unspecified atom stereocenters. The first-order valence-corrected chi connectivity index (χ1v) is 8.15. The van der Waals surface area contributed by atoms with Gasteiger partial charge in [-0.05, 0) is 40.5 Å². The van der Waals surface area contributed by atoms with Crippen LogP contribution in [0.2, 0.25) is 0 Å². The predicted octanol–water partition coefficient (Wildman–Crippen LogP) is 0.597. The highest BCUT2D eigenvalue weighted by atomic mass is 28.1. The molecule has 0 saturated carbocycles. The van der Waals surface area contributed by atoms with E-state index in [-0.39, 0.29) is 17.2 Å². The van der Waals surface area contributed by atoms with Crippen molar-refractivity contribution in [1.29, 1.82) is 0 Å². The fourth-order valence-corrected chi connectivity index (χ4v) is 3.54. The number of rotatable bonds is 6. The van der Waals surface area contributed by atoms with Crippen LogP contribution in [0.3, 0.4) is 0 Å². The number of ether oxygens (including phenoxy) is 4. The first kappa shape index (κ1) is 18.1. The number of nitrogens with one attached hydrogen (secondary N) is 1. The van der Waals surface area contributed by atoms with Gasteiger partial charge in [-0.3, -0.25) is 0 Å². The van der Waals surface area contributed by atoms with Crippen molar-refractivity contribution in [3.63, 3.8) is 0 Å². The van der Waals surface area contributed by atoms with Gasteiger partial charge in [-0.2, -0.15) is 0 Å². The maximum atomic E-state index is 6.18. The van der Waals surface area contributed by atoms with Gasteiger partial charge in [0, 0.05) is 32.4 Å². The second-order valence-electron chi connectivity index (χ2n) is 7.05. The average Bonchev–Trinajstić information content (AvgIpc) is 2.31. The van der Waals surface area contributed by atoms with E-state index in [9.17, 15) is 0 Å². The van der Waals surface area contributed by atoms with E-state index in [4.69, 9.17) is 18.9 Å². The smallest absolute Gasteiger partial charge is 0.207 e. The van der Waals surface area contributed by atoms with E-state index in [1.165, 1.54) is 0 Å². The summed E-state index contributed by atoms with van der Waals surface area (Å²) in [6.07, 6.45) is 1.48. The molecule has 1 N–H and O–H groups in total. The van der Waals surface area contributed by atoms with E-state index in [0.29, 0.717) is 10.2 Å². The Hall–Kier alpha value is 0.0169. The highest BCUT2D eigenvalue weighted by Crippen LogP contribution is 2.32. The average molecular weight is 305 g/mol. The summed E-state index contributed by atoms with van der Waals surface area (Å²) in [4.78, 5) is 0. The van der Waals surface area contributed by atoms with Crippen LogP contribution in [0.1, 0.15) is 40.5 Å². The molecule has 0 aliphatic carbocycles. The molecule has 0 aromatic heterocycles. The Kier molecular flexibility index (Phi) is 5.80. The number of piperidine rings is 1. The van der Waals surface area contributed by atoms with Crippen molar-refractivity contribution in [1.82, 2.24) is 5.32 Å². The van der Waals surface area contributed by atoms with Crippen LogP contribution in [0.4, 0.5) is 0 Å². The zero-order valence-electron chi connectivity index (χ0n) is 14.2. The van der Waals surface area contributed by atoms with Crippen LogP contribution in [0.25, 0.3) is 0 Å². The third-order valence-electron chi connectivity index (χ3n) is 3.92. The van der Waals surface area contributed by atoms with Gasteiger partial charge in [0.25, 0.3) is 0 Å². The Labute approximate surface area is 126 Å². The van der Waals surface area contributed by atoms with Gasteiger partial charge in [0.05, 0.1) is 16.3 Å². The number of hydrogen-bond donors (Lipinski definition) is 1. The Morgan fingerprint density at radius 3 is 1.85 bits per heavy atom. The molecule has 5 nitrogen and oxygen atoms in total. The van der Waals surface area contributed by atoms with Crippen LogP contribution in [0.15, 0.2) is 0 Å². The van der Waals surface area contributed by atoms with E-state index in [0.717, 1.165) is 12.8 Å². The van der Waals surface area contributed by atoms with Gasteiger partial charge in [-0.25, -0.2) is 0 Å². The summed E-state index contributed by atoms with van der Waals surface area (Å²) in [5.74, 6) is 0. The Balaban J connectivity index is 2.79. The molecule has 1 heterocycles. The summed E-state index contributed by atoms with van der Waals surface area (Å²) in [6, 6.07) is 0. The van der Waals surface area contributed by atoms with Crippen molar-refractivity contribution in [2.45, 2.75) is 69.4 Å². The largest absolute Gasteiger partial charge is 0.353 e. The van der Waals surface area contributed by atoms with Crippen LogP contribution in [-0.2, 0) is 18.9 Å². The van der Waals surface area contributed by atoms with Gasteiger partial charge < -0.3 is 24.3 Å². The topological polar surface area (TPSA) is 49.0 Å². The van der Waals surface area contributed by atoms with E-state index in [2.05, 4.69) is 33.0 Å². The van der Waals surface area contributed by atoms with Crippen molar-refractivity contribution < 1.29 is 18.9 Å². The first-order valence-electron chi connectivity index (χ1n) is 7.15. The van der Waals surface area contributed by atoms with Crippen molar-refractivity contribution in [2.75, 3.05) is 21.3 Å². The fourth-order valence-electron chi connectivity index (χ4n) is 3.17. The Morgan fingerprint density at radius 1 is 1.05 bits per heavy atom. The normalized spacial score (nSPS) is 24.8. The second kappa shape index (κ2) is 6.42. The molecule has 1 rings (SSSR count). The zero-order valence-corrected chi connectivity index (χ0v) is 16.2. The second-order valence-corrected chi connectivity index (χ2v) is 8.44. The molecule has 0 spiro atoms. The molecule has 120 valence electrons. The monoisotopic (exact) mass is 305 g/mol. The highest BCUT2D eigenvalue weighted by Gasteiger charge is 2.43. The predicted molar refractivity (Wildman–Crippen MR) is 82.9 cm³/mol. The minimum atomic E-state index is -0.770. The molecule has 0 bridgehead atoms. The van der Waals surface area contributed by atoms with Gasteiger partial charge in [-0.15, -0.1) is 0 Å². The lowest BCUT2D eigenvalue weighted by Crippen LogP contribution is -2.61. The van der Waals surface area contributed by atoms with Crippen molar-refractivity contribution in [3.05, 3.63) is 0 Å². The third-order valence-corrected chi connectivity index (χ3v) is 5.21. The number of hydrogen-bond acceptors (Lipinski definition) is 5. The molecular weight excluding hydrogens is 274 g/mol. The molecule has 1 saturated heterocycles. The van der Waals surface area contributed by atoms with E-state index < -0.39 is 11.7 Å². The van der Waals surface area contributed by atoms with Crippen molar-refractivity contribution in [2.24, 2.45) is 0 Å². The van der Waals surface area contributed by atoms with Crippen LogP contribution in [-0.4, -0.2) is 60.5 Å². The van der Waals surface area contributed by atoms with Gasteiger partial charge in [-0.1, -0.05) is 0 Å². The lowest BCUT2D eigenvalue weighted by Gasteiger charge is -2.47. The van der Waals surface area contributed by atoms with E-state index in [1.54, 1.807) is 21.3 Å². The maximum Gasteiger partial charge on any atom is 0.207 e. The standard InChI is InChI=1S/C14H31NO4Si/c1-12(2)8-10(9-13(3,4)15-12)19-11(16-5)14(20,17-6)18-7/h10-11,15H,8-9H2,1-7,20H3. The summed E-state index contributed by atoms with van der Waals surface area (Å²) >= 11 is 0. The van der Waals surface area contributed by atoms with E-state index in [1.807, 2.05) is 0 Å². The third kappa shape index (κ3) is 4.51. The van der Waals surface area contributed by atoms with Crippen molar-refractivity contribution >= 4 is 10.2 Å². The molecule has 0 aromatic rings. The molecule has 1 aliphatic heterocycles. The van der Waals surface area contributed by atoms with Crippen LogP contribution >= 0.6 is 0 Å². The van der Waals surface area contributed by atoms with E-state index >= 15 is 0 Å². The molecule has 1 aliphatic rings. The molecule has 1 fully saturated rings. The SMILES string of the molecule is COC(OC1CC(C)(C)NC(C)(C)C1)C([SiH3])(OC)OC. The van der Waals surface area contributed by atoms with Gasteiger partial charge in [0.2, 0.25) is 6.29 Å². The van der Waals surface area contributed by atoms with Gasteiger partial charge in [0.15, 0.2) is 5.41 Å². The zero-order chi connectivity index (χ0) is 15.6. The quantitative estimate of drug-likeness (QED) is 0.575. The molecule has 0 radical (unpaired) electrons. The molecular formula is C14H31NO4Si. The summed E-state index contributed by atoms with van der Waals surface area (Å²) in [6.45, 7) is 8.80. The summed E-state index contributed by atoms with van der Waals surface area (Å²) < 4.78 is 22.6. The molecule has 6 heteroatoms. The lowest BCUT2D eigenvalue weighted by molar-refractivity contribution is -0.305. The fraction of sp³-hybridized carbons (Fsp3) is 1.00. The maximum absolute atomic E-state index is 6.18. The van der Waals surface area contributed by atoms with Gasteiger partial charge >= 0.3 is 0 Å². The lowest BCUT2D eigenvalue weighted by atomic mass is 9.81. The summed E-state index contributed by atoms with van der Waals surface area (Å²) in [5.41, 5.74) is -0.689. The van der Waals surface area contributed by atoms with Crippen molar-refractivity contribution in [3.8, 4) is 0 Å². The number of methoxy groups -OCH3 is 3. The summed E-state index contributed by atoms with van der Waals surface area (Å²) in [7, 11) is 5.54. The molecule has 1 atom stereocenters. The Bertz CT molecular complexity index is 302. The minimum Gasteiger partial charge on any atom is -0.353 e. The van der Waals surface area contributed by atoms with Gasteiger partial charge in [0.1, 0.15) is 0 Å². The summed E-state index contributed by atoms with van der Waals surface area (Å²) in [5, 5.41) is 3.65. The first-order chi connectivity index (χ1) is 9.07. The molecule has 0 amide bonds. The van der Waals surface area contributed by atoms with Crippen LogP contribution in [0, 0.1) is 0 Å². The van der Waals surface area contributed by atoms with Crippen LogP contribution < -0.4 is 5.32 Å². The minimum absolute atomic E-state index is 0.0404. The highest BCUT2D eigenvalue weighted by molar-refractivity contribution is 6.13.